The topological polar surface area (TPSA) is 215 Å². The van der Waals surface area contributed by atoms with Crippen molar-refractivity contribution in [2.75, 3.05) is 12.3 Å². The van der Waals surface area contributed by atoms with Gasteiger partial charge in [-0.1, -0.05) is 6.92 Å². The Hall–Kier alpha value is -2.19. The van der Waals surface area contributed by atoms with Gasteiger partial charge in [-0.15, -0.1) is 0 Å². The lowest BCUT2D eigenvalue weighted by Crippen LogP contribution is -2.38. The predicted octanol–water partition coefficient (Wildman–Crippen LogP) is -1.67. The fourth-order valence-corrected chi connectivity index (χ4v) is 3.61. The van der Waals surface area contributed by atoms with Crippen molar-refractivity contribution in [2.45, 2.75) is 31.2 Å². The van der Waals surface area contributed by atoms with Crippen LogP contribution < -0.4 is 11.2 Å². The van der Waals surface area contributed by atoms with Crippen molar-refractivity contribution < 1.29 is 38.9 Å². The van der Waals surface area contributed by atoms with E-state index in [1.165, 1.54) is 12.7 Å². The van der Waals surface area contributed by atoms with Gasteiger partial charge in [-0.25, -0.2) is 20.4 Å². The van der Waals surface area contributed by atoms with Crippen molar-refractivity contribution >= 4 is 30.5 Å². The molecule has 0 spiro atoms. The Labute approximate surface area is 157 Å². The summed E-state index contributed by atoms with van der Waals surface area (Å²) in [7, 11) is -5.02. The number of carbonyl (C=O) groups is 1. The third-order valence-corrected chi connectivity index (χ3v) is 5.40. The van der Waals surface area contributed by atoms with E-state index in [-0.39, 0.29) is 5.82 Å². The molecule has 0 radical (unpaired) electrons. The molecule has 15 heteroatoms. The Kier molecular flexibility index (Phi) is 5.63. The molecule has 1 aliphatic heterocycles. The molecule has 3 rings (SSSR count). The van der Waals surface area contributed by atoms with Crippen molar-refractivity contribution in [3.05, 3.63) is 12.7 Å². The molecule has 1 amide bonds. The molecule has 2 aromatic rings. The van der Waals surface area contributed by atoms with E-state index in [0.29, 0.717) is 11.2 Å². The molecule has 28 heavy (non-hydrogen) atoms. The normalized spacial score (nSPS) is 26.5. The van der Waals surface area contributed by atoms with Gasteiger partial charge in [0, 0.05) is 5.92 Å². The summed E-state index contributed by atoms with van der Waals surface area (Å²) in [4.78, 5) is 41.9. The second kappa shape index (κ2) is 7.67. The molecule has 0 aromatic carbocycles. The first-order valence-electron chi connectivity index (χ1n) is 8.02. The quantitative estimate of drug-likeness (QED) is 0.176. The van der Waals surface area contributed by atoms with Gasteiger partial charge in [0.25, 0.3) is 5.91 Å². The van der Waals surface area contributed by atoms with Crippen molar-refractivity contribution in [3.63, 3.8) is 0 Å². The highest BCUT2D eigenvalue weighted by Gasteiger charge is 2.45. The van der Waals surface area contributed by atoms with Crippen LogP contribution in [0.5, 0.6) is 0 Å². The number of fused-ring (bicyclic) bond motifs is 1. The largest absolute Gasteiger partial charge is 0.390 e. The van der Waals surface area contributed by atoms with Crippen LogP contribution in [-0.4, -0.2) is 70.2 Å². The Morgan fingerprint density at radius 2 is 2.18 bits per heavy atom. The zero-order valence-corrected chi connectivity index (χ0v) is 15.4. The number of anilines is 1. The smallest absolute Gasteiger partial charge is 0.363 e. The summed E-state index contributed by atoms with van der Waals surface area (Å²) in [6.45, 7) is 1.17. The average Bonchev–Trinajstić information content (AvgIpc) is 3.17. The van der Waals surface area contributed by atoms with Gasteiger partial charge in [-0.2, -0.15) is 0 Å². The van der Waals surface area contributed by atoms with Crippen LogP contribution in [-0.2, 0) is 18.8 Å². The Balaban J connectivity index is 1.78. The molecule has 14 nitrogen and oxygen atoms in total. The third-order valence-electron chi connectivity index (χ3n) is 4.40. The number of rotatable bonds is 6. The lowest BCUT2D eigenvalue weighted by molar-refractivity contribution is -0.140. The van der Waals surface area contributed by atoms with Crippen molar-refractivity contribution in [1.29, 1.82) is 0 Å². The first kappa shape index (κ1) is 20.5. The number of aliphatic hydroxyl groups is 1. The van der Waals surface area contributed by atoms with Crippen LogP contribution in [0.15, 0.2) is 12.7 Å². The summed E-state index contributed by atoms with van der Waals surface area (Å²) >= 11 is 0. The summed E-state index contributed by atoms with van der Waals surface area (Å²) < 4.78 is 23.6. The molecule has 5 unspecified atom stereocenters. The molecule has 0 bridgehead atoms. The molecule has 1 saturated heterocycles. The number of aromatic nitrogens is 4. The molecule has 0 aliphatic carbocycles. The van der Waals surface area contributed by atoms with Crippen LogP contribution >= 0.6 is 7.60 Å². The first-order valence-corrected chi connectivity index (χ1v) is 9.70. The van der Waals surface area contributed by atoms with Gasteiger partial charge in [0.05, 0.1) is 19.0 Å². The number of ether oxygens (including phenoxy) is 2. The molecule has 1 aliphatic rings. The number of nitrogens with zero attached hydrogens (tertiary/aromatic N) is 4. The van der Waals surface area contributed by atoms with E-state index in [4.69, 9.17) is 20.4 Å². The second-order valence-electron chi connectivity index (χ2n) is 6.25. The zero-order chi connectivity index (χ0) is 20.6. The number of amides is 1. The standard InChI is InChI=1S/C13H19N6O8P/c1-5-8(20)6(2-26-13(11(21)18-22)28(23,24)25)27-12(5)19-4-17-7-9(14)15-3-16-10(7)19/h3-6,8,12-13,20,22H,2H2,1H3,(H,18,21)(H2,14,15,16)(H2,23,24,25). The van der Waals surface area contributed by atoms with E-state index in [0.717, 1.165) is 5.48 Å². The van der Waals surface area contributed by atoms with E-state index in [2.05, 4.69) is 15.0 Å². The minimum Gasteiger partial charge on any atom is -0.390 e. The van der Waals surface area contributed by atoms with Crippen LogP contribution in [0.3, 0.4) is 0 Å². The minimum atomic E-state index is -5.02. The first-order chi connectivity index (χ1) is 13.1. The average molecular weight is 418 g/mol. The van der Waals surface area contributed by atoms with Crippen LogP contribution in [0, 0.1) is 5.92 Å². The van der Waals surface area contributed by atoms with Gasteiger partial charge >= 0.3 is 7.60 Å². The van der Waals surface area contributed by atoms with Gasteiger partial charge < -0.3 is 30.1 Å². The van der Waals surface area contributed by atoms with Gasteiger partial charge in [0.15, 0.2) is 11.5 Å². The number of aliphatic hydroxyl groups excluding tert-OH is 1. The highest BCUT2D eigenvalue weighted by molar-refractivity contribution is 7.53. The molecule has 3 heterocycles. The van der Waals surface area contributed by atoms with E-state index in [9.17, 15) is 24.3 Å². The molecule has 2 aromatic heterocycles. The van der Waals surface area contributed by atoms with Gasteiger partial charge in [0.1, 0.15) is 24.2 Å². The maximum atomic E-state index is 11.4. The van der Waals surface area contributed by atoms with Crippen LogP contribution in [0.1, 0.15) is 13.2 Å². The number of hydrogen-bond acceptors (Lipinski definition) is 10. The summed E-state index contributed by atoms with van der Waals surface area (Å²) in [5.41, 5.74) is 7.61. The molecule has 5 atom stereocenters. The van der Waals surface area contributed by atoms with E-state index in [1.54, 1.807) is 11.5 Å². The summed E-state index contributed by atoms with van der Waals surface area (Å²) in [5, 5.41) is 19.0. The van der Waals surface area contributed by atoms with Gasteiger partial charge in [-0.3, -0.25) is 19.1 Å². The maximum absolute atomic E-state index is 11.4. The van der Waals surface area contributed by atoms with Crippen LogP contribution in [0.25, 0.3) is 11.2 Å². The number of carbonyl (C=O) groups excluding carboxylic acids is 1. The van der Waals surface area contributed by atoms with Gasteiger partial charge in [-0.05, 0) is 0 Å². The molecular weight excluding hydrogens is 399 g/mol. The number of hydroxylamine groups is 1. The van der Waals surface area contributed by atoms with Crippen LogP contribution in [0.4, 0.5) is 5.82 Å². The number of nitrogens with one attached hydrogen (secondary N) is 1. The number of nitrogen functional groups attached to an aromatic ring is 1. The summed E-state index contributed by atoms with van der Waals surface area (Å²) in [5.74, 6) is -3.97. The molecule has 154 valence electrons. The highest BCUT2D eigenvalue weighted by Crippen LogP contribution is 2.43. The fraction of sp³-hybridized carbons (Fsp3) is 0.538. The lowest BCUT2D eigenvalue weighted by Gasteiger charge is -2.20. The summed E-state index contributed by atoms with van der Waals surface area (Å²) in [6, 6.07) is 0. The monoisotopic (exact) mass is 418 g/mol. The van der Waals surface area contributed by atoms with E-state index >= 15 is 0 Å². The molecular formula is C13H19N6O8P. The van der Waals surface area contributed by atoms with Crippen LogP contribution in [0.2, 0.25) is 0 Å². The minimum absolute atomic E-state index is 0.175. The Morgan fingerprint density at radius 1 is 1.46 bits per heavy atom. The highest BCUT2D eigenvalue weighted by atomic mass is 31.2. The van der Waals surface area contributed by atoms with E-state index in [1.807, 2.05) is 0 Å². The van der Waals surface area contributed by atoms with Crippen molar-refractivity contribution in [3.8, 4) is 0 Å². The predicted molar refractivity (Wildman–Crippen MR) is 90.5 cm³/mol. The maximum Gasteiger partial charge on any atom is 0.363 e. The van der Waals surface area contributed by atoms with Crippen molar-refractivity contribution in [2.24, 2.45) is 5.92 Å². The SMILES string of the molecule is CC1C(O)C(COC(C(=O)NO)P(=O)(O)O)OC1n1cnc2c(N)ncnc21. The number of imidazole rings is 1. The van der Waals surface area contributed by atoms with Gasteiger partial charge in [0.2, 0.25) is 5.85 Å². The number of hydrogen-bond donors (Lipinski definition) is 6. The molecule has 0 saturated carbocycles. The summed E-state index contributed by atoms with van der Waals surface area (Å²) in [6.07, 6.45) is -0.161. The Morgan fingerprint density at radius 3 is 2.82 bits per heavy atom. The zero-order valence-electron chi connectivity index (χ0n) is 14.5. The van der Waals surface area contributed by atoms with Crippen molar-refractivity contribution in [1.82, 2.24) is 25.0 Å². The number of nitrogens with two attached hydrogens (primary N) is 1. The second-order valence-corrected chi connectivity index (χ2v) is 7.90. The fourth-order valence-electron chi connectivity index (χ4n) is 2.97. The third kappa shape index (κ3) is 3.71. The molecule has 7 N–H and O–H groups in total. The lowest BCUT2D eigenvalue weighted by atomic mass is 10.0. The Bertz CT molecular complexity index is 918. The molecule has 1 fully saturated rings. The van der Waals surface area contributed by atoms with E-state index < -0.39 is 50.3 Å².